The molecule has 0 aromatic carbocycles. The van der Waals surface area contributed by atoms with Gasteiger partial charge in [0.15, 0.2) is 11.2 Å². The van der Waals surface area contributed by atoms with Crippen molar-refractivity contribution in [1.29, 1.82) is 0 Å². The second kappa shape index (κ2) is 10.4. The number of fused-ring (bicyclic) bond motifs is 10. The fourth-order valence-electron chi connectivity index (χ4n) is 2.63. The van der Waals surface area contributed by atoms with Crippen molar-refractivity contribution in [2.24, 2.45) is 0 Å². The molecule has 0 atom stereocenters. The number of rotatable bonds is 0. The van der Waals surface area contributed by atoms with Crippen LogP contribution in [0.5, 0.6) is 0 Å². The zero-order valence-corrected chi connectivity index (χ0v) is 18.1. The van der Waals surface area contributed by atoms with Gasteiger partial charge in [0.25, 0.3) is 0 Å². The first kappa shape index (κ1) is 25.5. The highest BCUT2D eigenvalue weighted by atomic mass is 35.7. The number of furan rings is 2. The molecule has 34 heavy (non-hydrogen) atoms. The molecule has 5 heterocycles. The molecule has 0 saturated carbocycles. The van der Waals surface area contributed by atoms with Gasteiger partial charge >= 0.3 is 23.0 Å². The molecule has 3 aromatic rings. The summed E-state index contributed by atoms with van der Waals surface area (Å²) >= 11 is 0. The summed E-state index contributed by atoms with van der Waals surface area (Å²) in [5.41, 5.74) is 2.82. The zero-order chi connectivity index (χ0) is 24.9. The molecule has 0 spiro atoms. The Balaban J connectivity index is 0.000000277. The van der Waals surface area contributed by atoms with Crippen LogP contribution in [0.25, 0.3) is 46.6 Å². The third-order valence-electron chi connectivity index (χ3n) is 3.82. The maximum atomic E-state index is 8.49. The zero-order valence-electron chi connectivity index (χ0n) is 16.6. The van der Waals surface area contributed by atoms with Crippen LogP contribution in [0.3, 0.4) is 0 Å². The highest BCUT2D eigenvalue weighted by Gasteiger charge is 2.29. The van der Waals surface area contributed by atoms with Crippen LogP contribution in [0.4, 0.5) is 0 Å². The largest absolute Gasteiger partial charge is 0.456 e. The highest BCUT2D eigenvalue weighted by Crippen LogP contribution is 2.25. The van der Waals surface area contributed by atoms with Crippen LogP contribution in [0.2, 0.25) is 0 Å². The molecule has 8 bridgehead atoms. The molecule has 2 aliphatic rings. The Morgan fingerprint density at radius 3 is 1.15 bits per heavy atom. The van der Waals surface area contributed by atoms with E-state index in [0.29, 0.717) is 22.7 Å². The van der Waals surface area contributed by atoms with Crippen molar-refractivity contribution in [3.63, 3.8) is 0 Å². The van der Waals surface area contributed by atoms with Crippen molar-refractivity contribution >= 4 is 46.6 Å². The van der Waals surface area contributed by atoms with Crippen LogP contribution < -0.4 is 37.3 Å². The maximum Gasteiger partial charge on any atom is 0.456 e. The average Bonchev–Trinajstić information content (AvgIpc) is 3.48. The Hall–Kier alpha value is -3.14. The van der Waals surface area contributed by atoms with Crippen molar-refractivity contribution < 1.29 is 75.4 Å². The Morgan fingerprint density at radius 2 is 0.794 bits per heavy atom. The van der Waals surface area contributed by atoms with E-state index >= 15 is 0 Å². The Bertz CT molecular complexity index is 1240. The lowest BCUT2D eigenvalue weighted by Crippen LogP contribution is -2.68. The molecule has 3 aromatic heterocycles. The van der Waals surface area contributed by atoms with Gasteiger partial charge in [0.05, 0.1) is 24.3 Å². The average molecular weight is 515 g/mol. The van der Waals surface area contributed by atoms with Gasteiger partial charge in [-0.1, -0.05) is 0 Å². The fraction of sp³-hybridized carbons (Fsp3) is 0. The minimum absolute atomic E-state index is 0.682. The van der Waals surface area contributed by atoms with Crippen LogP contribution in [0.15, 0.2) is 66.2 Å². The molecule has 14 heteroatoms. The third kappa shape index (κ3) is 8.66. The van der Waals surface area contributed by atoms with Crippen LogP contribution >= 0.6 is 0 Å². The van der Waals surface area contributed by atoms with E-state index in [1.807, 2.05) is 72.8 Å². The third-order valence-corrected chi connectivity index (χ3v) is 3.82. The second-order valence-electron chi connectivity index (χ2n) is 6.23. The molecule has 0 N–H and O–H groups in total. The monoisotopic (exact) mass is 514 g/mol. The van der Waals surface area contributed by atoms with E-state index < -0.39 is 20.5 Å². The van der Waals surface area contributed by atoms with Crippen molar-refractivity contribution in [2.75, 3.05) is 0 Å². The van der Waals surface area contributed by atoms with Gasteiger partial charge in [-0.2, -0.15) is 8.83 Å². The van der Waals surface area contributed by atoms with Gasteiger partial charge in [-0.3, -0.25) is 0 Å². The highest BCUT2D eigenvalue weighted by molar-refractivity contribution is 5.78. The van der Waals surface area contributed by atoms with E-state index in [1.165, 1.54) is 0 Å². The summed E-state index contributed by atoms with van der Waals surface area (Å²) in [5.74, 6) is 2.82. The SMILES string of the molecule is C1=Cc2[o+]c1ccc1ccc(o1)c1ccc(ccc3[o+]c2C=C3)o1.[O-][Cl+3]([O-])([O-])[O-].[O-][Cl+3]([O-])([O-])[O-]. The van der Waals surface area contributed by atoms with E-state index in [2.05, 4.69) is 0 Å². The Morgan fingerprint density at radius 1 is 0.471 bits per heavy atom. The normalized spacial score (nSPS) is 12.5. The van der Waals surface area contributed by atoms with Gasteiger partial charge in [-0.05, 0) is 36.4 Å². The van der Waals surface area contributed by atoms with Crippen LogP contribution in [0, 0.1) is 20.5 Å². The fourth-order valence-corrected chi connectivity index (χ4v) is 2.63. The van der Waals surface area contributed by atoms with E-state index in [4.69, 9.17) is 54.9 Å². The summed E-state index contributed by atoms with van der Waals surface area (Å²) < 4.78 is 91.1. The van der Waals surface area contributed by atoms with Crippen molar-refractivity contribution in [2.45, 2.75) is 0 Å². The van der Waals surface area contributed by atoms with Crippen molar-refractivity contribution in [1.82, 2.24) is 0 Å². The quantitative estimate of drug-likeness (QED) is 0.184. The predicted octanol–water partition coefficient (Wildman–Crippen LogP) is -3.37. The van der Waals surface area contributed by atoms with Crippen molar-refractivity contribution in [3.05, 3.63) is 71.6 Å². The van der Waals surface area contributed by atoms with Gasteiger partial charge in [0, 0.05) is 12.1 Å². The topological polar surface area (TPSA) is 233 Å². The molecule has 0 unspecified atom stereocenters. The molecule has 0 fully saturated rings. The van der Waals surface area contributed by atoms with Gasteiger partial charge in [0.2, 0.25) is 0 Å². The summed E-state index contributed by atoms with van der Waals surface area (Å²) in [6.07, 6.45) is 7.56. The molecule has 0 radical (unpaired) electrons. The molecule has 12 nitrogen and oxygen atoms in total. The lowest BCUT2D eigenvalue weighted by Gasteiger charge is -2.17. The molecular formula is C20H12Cl2O12. The molecular weight excluding hydrogens is 503 g/mol. The lowest BCUT2D eigenvalue weighted by atomic mass is 10.3. The Labute approximate surface area is 193 Å². The summed E-state index contributed by atoms with van der Waals surface area (Å²) in [6, 6.07) is 15.0. The van der Waals surface area contributed by atoms with E-state index in [0.717, 1.165) is 22.7 Å². The van der Waals surface area contributed by atoms with Crippen LogP contribution in [0.1, 0.15) is 23.0 Å². The lowest BCUT2D eigenvalue weighted by molar-refractivity contribution is -2.00. The van der Waals surface area contributed by atoms with E-state index in [9.17, 15) is 0 Å². The molecule has 0 saturated heterocycles. The maximum absolute atomic E-state index is 8.49. The summed E-state index contributed by atoms with van der Waals surface area (Å²) in [4.78, 5) is 0. The van der Waals surface area contributed by atoms with Gasteiger partial charge in [-0.25, -0.2) is 37.3 Å². The van der Waals surface area contributed by atoms with Crippen LogP contribution in [-0.2, 0) is 0 Å². The summed E-state index contributed by atoms with van der Waals surface area (Å²) in [6.45, 7) is 0. The van der Waals surface area contributed by atoms with E-state index in [1.54, 1.807) is 0 Å². The molecule has 5 rings (SSSR count). The van der Waals surface area contributed by atoms with Crippen LogP contribution in [-0.4, -0.2) is 0 Å². The smallest absolute Gasteiger partial charge is 0.453 e. The molecule has 178 valence electrons. The number of hydrogen-bond acceptors (Lipinski definition) is 10. The number of halogens is 2. The Kier molecular flexibility index (Phi) is 7.81. The molecule has 2 aliphatic heterocycles. The van der Waals surface area contributed by atoms with Gasteiger partial charge in [-0.15, -0.1) is 20.5 Å². The first-order chi connectivity index (χ1) is 15.8. The summed E-state index contributed by atoms with van der Waals surface area (Å²) in [5, 5.41) is 0. The van der Waals surface area contributed by atoms with Gasteiger partial charge < -0.3 is 8.83 Å². The standard InChI is InChI=1S/C20H12O4.2ClHO4/c1-2-14-6-10-19(22-14)20-12-8-16(24-20)4-3-15-7-11-18(23-15)17-9-5-13(1)21-17;2*2-1(3,4)5/h1-12H;2*(H,2,3,4,5)/q+2;;/p-2. The molecule has 0 amide bonds. The minimum Gasteiger partial charge on any atom is -0.453 e. The first-order valence-electron chi connectivity index (χ1n) is 8.83. The minimum atomic E-state index is -4.94. The molecule has 0 aliphatic carbocycles. The first-order valence-corrected chi connectivity index (χ1v) is 11.3. The predicted molar refractivity (Wildman–Crippen MR) is 92.4 cm³/mol. The van der Waals surface area contributed by atoms with Gasteiger partial charge in [0.1, 0.15) is 11.2 Å². The summed E-state index contributed by atoms with van der Waals surface area (Å²) in [7, 11) is -9.89. The van der Waals surface area contributed by atoms with Crippen molar-refractivity contribution in [3.8, 4) is 0 Å². The van der Waals surface area contributed by atoms with E-state index in [-0.39, 0.29) is 0 Å². The second-order valence-corrected chi connectivity index (χ2v) is 7.74. The number of hydrogen-bond donors (Lipinski definition) is 0.